The minimum absolute atomic E-state index is 0.0619. The number of hydrogen-bond acceptors (Lipinski definition) is 8. The SMILES string of the molecule is CN(Cc1nc(-c2cccnc2)no1)c1nc(C(C)(C)C)ns1. The van der Waals surface area contributed by atoms with E-state index in [9.17, 15) is 0 Å². The van der Waals surface area contributed by atoms with Gasteiger partial charge in [0.25, 0.3) is 0 Å². The van der Waals surface area contributed by atoms with Gasteiger partial charge in [-0.2, -0.15) is 9.36 Å². The molecule has 0 saturated carbocycles. The van der Waals surface area contributed by atoms with Crippen LogP contribution in [0.1, 0.15) is 32.5 Å². The van der Waals surface area contributed by atoms with Crippen LogP contribution >= 0.6 is 11.5 Å². The molecule has 0 N–H and O–H groups in total. The van der Waals surface area contributed by atoms with Gasteiger partial charge in [0.15, 0.2) is 0 Å². The van der Waals surface area contributed by atoms with Crippen molar-refractivity contribution in [2.75, 3.05) is 11.9 Å². The third-order valence-corrected chi connectivity index (χ3v) is 4.00. The van der Waals surface area contributed by atoms with E-state index in [-0.39, 0.29) is 5.41 Å². The number of aromatic nitrogens is 5. The standard InChI is InChI=1S/C15H18N6OS/c1-15(2,3)13-18-14(23-20-13)21(4)9-11-17-12(19-22-11)10-6-5-7-16-8-10/h5-8H,9H2,1-4H3. The fourth-order valence-electron chi connectivity index (χ4n) is 1.88. The summed E-state index contributed by atoms with van der Waals surface area (Å²) >= 11 is 1.37. The van der Waals surface area contributed by atoms with Crippen LogP contribution in [0.5, 0.6) is 0 Å². The maximum absolute atomic E-state index is 5.31. The molecule has 0 unspecified atom stereocenters. The summed E-state index contributed by atoms with van der Waals surface area (Å²) in [5.74, 6) is 1.90. The van der Waals surface area contributed by atoms with Crippen LogP contribution in [-0.2, 0) is 12.0 Å². The molecule has 0 amide bonds. The molecule has 23 heavy (non-hydrogen) atoms. The first-order valence-corrected chi connectivity index (χ1v) is 7.99. The Morgan fingerprint density at radius 2 is 2.09 bits per heavy atom. The van der Waals surface area contributed by atoms with Crippen LogP contribution in [0, 0.1) is 0 Å². The molecule has 0 atom stereocenters. The minimum Gasteiger partial charge on any atom is -0.341 e. The largest absolute Gasteiger partial charge is 0.341 e. The van der Waals surface area contributed by atoms with Crippen molar-refractivity contribution in [3.63, 3.8) is 0 Å². The molecular formula is C15H18N6OS. The smallest absolute Gasteiger partial charge is 0.246 e. The highest BCUT2D eigenvalue weighted by Crippen LogP contribution is 2.25. The number of anilines is 1. The summed E-state index contributed by atoms with van der Waals surface area (Å²) in [6.45, 7) is 6.76. The monoisotopic (exact) mass is 330 g/mol. The van der Waals surface area contributed by atoms with Gasteiger partial charge in [-0.15, -0.1) is 0 Å². The molecule has 0 bridgehead atoms. The van der Waals surface area contributed by atoms with Gasteiger partial charge in [-0.1, -0.05) is 25.9 Å². The first-order chi connectivity index (χ1) is 10.9. The second kappa shape index (κ2) is 6.04. The fraction of sp³-hybridized carbons (Fsp3) is 0.400. The van der Waals surface area contributed by atoms with Crippen molar-refractivity contribution in [2.24, 2.45) is 0 Å². The third kappa shape index (κ3) is 3.53. The van der Waals surface area contributed by atoms with Crippen molar-refractivity contribution in [1.29, 1.82) is 0 Å². The van der Waals surface area contributed by atoms with Gasteiger partial charge in [-0.25, -0.2) is 4.98 Å². The van der Waals surface area contributed by atoms with Gasteiger partial charge in [0.2, 0.25) is 16.8 Å². The second-order valence-corrected chi connectivity index (χ2v) is 6.99. The van der Waals surface area contributed by atoms with E-state index < -0.39 is 0 Å². The van der Waals surface area contributed by atoms with Crippen LogP contribution in [0.2, 0.25) is 0 Å². The molecule has 0 spiro atoms. The van der Waals surface area contributed by atoms with Gasteiger partial charge in [0.05, 0.1) is 6.54 Å². The predicted octanol–water partition coefficient (Wildman–Crippen LogP) is 2.92. The highest BCUT2D eigenvalue weighted by molar-refractivity contribution is 7.09. The summed E-state index contributed by atoms with van der Waals surface area (Å²) < 4.78 is 9.73. The van der Waals surface area contributed by atoms with Gasteiger partial charge in [0, 0.05) is 42.0 Å². The normalized spacial score (nSPS) is 11.7. The molecule has 0 radical (unpaired) electrons. The summed E-state index contributed by atoms with van der Waals surface area (Å²) in [5, 5.41) is 4.82. The van der Waals surface area contributed by atoms with Crippen molar-refractivity contribution in [3.8, 4) is 11.4 Å². The van der Waals surface area contributed by atoms with Gasteiger partial charge >= 0.3 is 0 Å². The summed E-state index contributed by atoms with van der Waals surface area (Å²) in [6.07, 6.45) is 3.42. The Morgan fingerprint density at radius 1 is 1.26 bits per heavy atom. The first-order valence-electron chi connectivity index (χ1n) is 7.22. The lowest BCUT2D eigenvalue weighted by atomic mass is 9.96. The minimum atomic E-state index is -0.0619. The maximum atomic E-state index is 5.31. The van der Waals surface area contributed by atoms with Crippen molar-refractivity contribution in [3.05, 3.63) is 36.2 Å². The van der Waals surface area contributed by atoms with E-state index in [0.29, 0.717) is 18.3 Å². The molecule has 0 fully saturated rings. The van der Waals surface area contributed by atoms with Crippen molar-refractivity contribution in [1.82, 2.24) is 24.5 Å². The molecule has 0 aliphatic heterocycles. The zero-order chi connectivity index (χ0) is 16.4. The topological polar surface area (TPSA) is 80.8 Å². The third-order valence-electron chi connectivity index (χ3n) is 3.17. The van der Waals surface area contributed by atoms with Crippen molar-refractivity contribution in [2.45, 2.75) is 32.7 Å². The van der Waals surface area contributed by atoms with E-state index in [1.807, 2.05) is 24.1 Å². The van der Waals surface area contributed by atoms with Gasteiger partial charge < -0.3 is 9.42 Å². The zero-order valence-corrected chi connectivity index (χ0v) is 14.3. The Kier molecular flexibility index (Phi) is 4.08. The maximum Gasteiger partial charge on any atom is 0.246 e. The Morgan fingerprint density at radius 3 is 2.74 bits per heavy atom. The lowest BCUT2D eigenvalue weighted by Crippen LogP contribution is -2.18. The lowest BCUT2D eigenvalue weighted by Gasteiger charge is -2.14. The van der Waals surface area contributed by atoms with E-state index in [0.717, 1.165) is 16.5 Å². The Hall–Kier alpha value is -2.35. The predicted molar refractivity (Wildman–Crippen MR) is 88.2 cm³/mol. The van der Waals surface area contributed by atoms with E-state index in [4.69, 9.17) is 4.52 Å². The van der Waals surface area contributed by atoms with Crippen molar-refractivity contribution >= 4 is 16.7 Å². The molecule has 0 aromatic carbocycles. The Balaban J connectivity index is 1.72. The highest BCUT2D eigenvalue weighted by atomic mass is 32.1. The average Bonchev–Trinajstić information content (AvgIpc) is 3.17. The van der Waals surface area contributed by atoms with E-state index in [1.165, 1.54) is 11.5 Å². The molecule has 0 saturated heterocycles. The number of nitrogens with zero attached hydrogens (tertiary/aromatic N) is 6. The van der Waals surface area contributed by atoms with Crippen LogP contribution in [0.15, 0.2) is 29.0 Å². The van der Waals surface area contributed by atoms with Gasteiger partial charge in [-0.05, 0) is 12.1 Å². The molecule has 3 rings (SSSR count). The molecule has 3 aromatic heterocycles. The molecule has 0 aliphatic carbocycles. The summed E-state index contributed by atoms with van der Waals surface area (Å²) in [7, 11) is 1.93. The molecule has 3 aromatic rings. The van der Waals surface area contributed by atoms with Crippen LogP contribution in [0.4, 0.5) is 5.13 Å². The molecule has 8 heteroatoms. The van der Waals surface area contributed by atoms with Gasteiger partial charge in [0.1, 0.15) is 5.82 Å². The summed E-state index contributed by atoms with van der Waals surface area (Å²) in [6, 6.07) is 3.73. The van der Waals surface area contributed by atoms with Crippen LogP contribution in [0.25, 0.3) is 11.4 Å². The lowest BCUT2D eigenvalue weighted by molar-refractivity contribution is 0.378. The molecule has 7 nitrogen and oxygen atoms in total. The quantitative estimate of drug-likeness (QED) is 0.727. The average molecular weight is 330 g/mol. The second-order valence-electron chi connectivity index (χ2n) is 6.26. The number of pyridine rings is 1. The Bertz CT molecular complexity index is 777. The van der Waals surface area contributed by atoms with Crippen LogP contribution < -0.4 is 4.90 Å². The van der Waals surface area contributed by atoms with Crippen LogP contribution in [-0.4, -0.2) is 31.5 Å². The molecule has 120 valence electrons. The van der Waals surface area contributed by atoms with E-state index >= 15 is 0 Å². The Labute approximate surface area is 138 Å². The number of hydrogen-bond donors (Lipinski definition) is 0. The van der Waals surface area contributed by atoms with E-state index in [1.54, 1.807) is 12.4 Å². The van der Waals surface area contributed by atoms with Crippen molar-refractivity contribution < 1.29 is 4.52 Å². The zero-order valence-electron chi connectivity index (χ0n) is 13.5. The van der Waals surface area contributed by atoms with Gasteiger partial charge in [-0.3, -0.25) is 4.98 Å². The fourth-order valence-corrected chi connectivity index (χ4v) is 2.69. The first kappa shape index (κ1) is 15.5. The highest BCUT2D eigenvalue weighted by Gasteiger charge is 2.21. The van der Waals surface area contributed by atoms with E-state index in [2.05, 4.69) is 45.3 Å². The van der Waals surface area contributed by atoms with Crippen LogP contribution in [0.3, 0.4) is 0 Å². The molecule has 0 aliphatic rings. The summed E-state index contributed by atoms with van der Waals surface area (Å²) in [5.41, 5.74) is 0.768. The summed E-state index contributed by atoms with van der Waals surface area (Å²) in [4.78, 5) is 15.0. The molecule has 3 heterocycles. The number of rotatable bonds is 4. The molecular weight excluding hydrogens is 312 g/mol.